The van der Waals surface area contributed by atoms with Crippen LogP contribution < -0.4 is 16.0 Å². The Balaban J connectivity index is 1.80. The number of nitrogens with zero attached hydrogens (tertiary/aromatic N) is 2. The fraction of sp³-hybridized carbons (Fsp3) is 0.150. The lowest BCUT2D eigenvalue weighted by Crippen LogP contribution is -2.29. The van der Waals surface area contributed by atoms with Crippen molar-refractivity contribution in [1.29, 1.82) is 0 Å². The van der Waals surface area contributed by atoms with Gasteiger partial charge >= 0.3 is 0 Å². The Labute approximate surface area is 168 Å². The Morgan fingerprint density at radius 2 is 1.76 bits per heavy atom. The molecular formula is C20H20N4O4S. The average molecular weight is 412 g/mol. The van der Waals surface area contributed by atoms with Gasteiger partial charge in [-0.3, -0.25) is 9.59 Å². The number of nitrogens with one attached hydrogen (secondary N) is 1. The van der Waals surface area contributed by atoms with Gasteiger partial charge in [0.15, 0.2) is 0 Å². The summed E-state index contributed by atoms with van der Waals surface area (Å²) in [5.41, 5.74) is 3.52. The van der Waals surface area contributed by atoms with Gasteiger partial charge in [0.05, 0.1) is 10.6 Å². The topological polar surface area (TPSA) is 124 Å². The predicted molar refractivity (Wildman–Crippen MR) is 110 cm³/mol. The lowest BCUT2D eigenvalue weighted by molar-refractivity contribution is -0.117. The molecule has 3 rings (SSSR count). The molecule has 29 heavy (non-hydrogen) atoms. The van der Waals surface area contributed by atoms with Gasteiger partial charge < -0.3 is 5.32 Å². The van der Waals surface area contributed by atoms with E-state index in [1.165, 1.54) is 30.3 Å². The van der Waals surface area contributed by atoms with E-state index in [1.54, 1.807) is 6.07 Å². The summed E-state index contributed by atoms with van der Waals surface area (Å²) >= 11 is 0. The van der Waals surface area contributed by atoms with E-state index in [1.807, 2.05) is 32.0 Å². The Kier molecular flexibility index (Phi) is 5.62. The first kappa shape index (κ1) is 20.4. The summed E-state index contributed by atoms with van der Waals surface area (Å²) in [5, 5.41) is 12.0. The standard InChI is InChI=1S/C20H20N4O4S/c1-13-3-4-14(2)17(11-13)18-9-10-20(26)24(23-18)12-19(25)22-15-5-7-16(8-6-15)29(21,27)28/h3-11H,12H2,1-2H3,(H,22,25)(H2,21,27,28). The molecule has 1 heterocycles. The number of carbonyl (C=O) groups excluding carboxylic acids is 1. The van der Waals surface area contributed by atoms with Gasteiger partial charge in [0.2, 0.25) is 15.9 Å². The van der Waals surface area contributed by atoms with Crippen LogP contribution in [0, 0.1) is 13.8 Å². The second-order valence-electron chi connectivity index (χ2n) is 6.65. The zero-order chi connectivity index (χ0) is 21.2. The Morgan fingerprint density at radius 1 is 1.07 bits per heavy atom. The minimum absolute atomic E-state index is 0.0605. The van der Waals surface area contributed by atoms with Crippen molar-refractivity contribution in [1.82, 2.24) is 9.78 Å². The molecule has 2 aromatic carbocycles. The smallest absolute Gasteiger partial charge is 0.267 e. The largest absolute Gasteiger partial charge is 0.324 e. The second-order valence-corrected chi connectivity index (χ2v) is 8.21. The number of primary sulfonamides is 1. The molecule has 0 aliphatic carbocycles. The van der Waals surface area contributed by atoms with Crippen molar-refractivity contribution in [2.45, 2.75) is 25.3 Å². The molecule has 8 nitrogen and oxygen atoms in total. The summed E-state index contributed by atoms with van der Waals surface area (Å²) in [6.45, 7) is 3.63. The summed E-state index contributed by atoms with van der Waals surface area (Å²) in [6.07, 6.45) is 0. The van der Waals surface area contributed by atoms with Crippen LogP contribution in [0.4, 0.5) is 5.69 Å². The molecule has 0 saturated carbocycles. The monoisotopic (exact) mass is 412 g/mol. The first-order valence-electron chi connectivity index (χ1n) is 8.72. The van der Waals surface area contributed by atoms with E-state index in [2.05, 4.69) is 10.4 Å². The van der Waals surface area contributed by atoms with Crippen molar-refractivity contribution in [3.63, 3.8) is 0 Å². The number of anilines is 1. The maximum atomic E-state index is 12.3. The second kappa shape index (κ2) is 7.98. The van der Waals surface area contributed by atoms with Crippen molar-refractivity contribution >= 4 is 21.6 Å². The number of aromatic nitrogens is 2. The minimum atomic E-state index is -3.81. The van der Waals surface area contributed by atoms with Gasteiger partial charge in [0.25, 0.3) is 5.56 Å². The third-order valence-electron chi connectivity index (χ3n) is 4.30. The SMILES string of the molecule is Cc1ccc(C)c(-c2ccc(=O)n(CC(=O)Nc3ccc(S(N)(=O)=O)cc3)n2)c1. The molecule has 1 amide bonds. The maximum Gasteiger partial charge on any atom is 0.267 e. The highest BCUT2D eigenvalue weighted by atomic mass is 32.2. The van der Waals surface area contributed by atoms with Crippen LogP contribution >= 0.6 is 0 Å². The number of hydrogen-bond donors (Lipinski definition) is 2. The van der Waals surface area contributed by atoms with Crippen molar-refractivity contribution in [3.05, 3.63) is 76.1 Å². The van der Waals surface area contributed by atoms with E-state index in [9.17, 15) is 18.0 Å². The van der Waals surface area contributed by atoms with Gasteiger partial charge in [-0.2, -0.15) is 5.10 Å². The Hall–Kier alpha value is -3.30. The third kappa shape index (κ3) is 4.95. The molecule has 0 bridgehead atoms. The summed E-state index contributed by atoms with van der Waals surface area (Å²) < 4.78 is 23.7. The van der Waals surface area contributed by atoms with Crippen LogP contribution in [0.5, 0.6) is 0 Å². The number of sulfonamides is 1. The fourth-order valence-corrected chi connectivity index (χ4v) is 3.30. The highest BCUT2D eigenvalue weighted by molar-refractivity contribution is 7.89. The molecule has 1 aromatic heterocycles. The van der Waals surface area contributed by atoms with Crippen LogP contribution in [0.1, 0.15) is 11.1 Å². The van der Waals surface area contributed by atoms with Crippen LogP contribution in [0.2, 0.25) is 0 Å². The fourth-order valence-electron chi connectivity index (χ4n) is 2.78. The molecule has 3 aromatic rings. The predicted octanol–water partition coefficient (Wildman–Crippen LogP) is 1.81. The number of benzene rings is 2. The van der Waals surface area contributed by atoms with Crippen LogP contribution in [-0.2, 0) is 21.4 Å². The molecule has 3 N–H and O–H groups in total. The van der Waals surface area contributed by atoms with Crippen molar-refractivity contribution in [2.24, 2.45) is 5.14 Å². The summed E-state index contributed by atoms with van der Waals surface area (Å²) in [7, 11) is -3.81. The van der Waals surface area contributed by atoms with Gasteiger partial charge in [-0.15, -0.1) is 0 Å². The van der Waals surface area contributed by atoms with Crippen molar-refractivity contribution < 1.29 is 13.2 Å². The van der Waals surface area contributed by atoms with Gasteiger partial charge in [-0.05, 0) is 55.8 Å². The van der Waals surface area contributed by atoms with E-state index in [-0.39, 0.29) is 11.4 Å². The normalized spacial score (nSPS) is 11.3. The number of rotatable bonds is 5. The molecule has 9 heteroatoms. The lowest BCUT2D eigenvalue weighted by Gasteiger charge is -2.10. The highest BCUT2D eigenvalue weighted by Gasteiger charge is 2.11. The van der Waals surface area contributed by atoms with Gasteiger partial charge in [0.1, 0.15) is 6.54 Å². The van der Waals surface area contributed by atoms with Gasteiger partial charge in [-0.25, -0.2) is 18.2 Å². The molecule has 0 spiro atoms. The molecule has 0 aliphatic rings. The Bertz CT molecular complexity index is 1230. The summed E-state index contributed by atoms with van der Waals surface area (Å²) in [4.78, 5) is 24.4. The van der Waals surface area contributed by atoms with E-state index < -0.39 is 21.5 Å². The van der Waals surface area contributed by atoms with Crippen molar-refractivity contribution in [2.75, 3.05) is 5.32 Å². The van der Waals surface area contributed by atoms with E-state index in [0.717, 1.165) is 21.4 Å². The Morgan fingerprint density at radius 3 is 2.41 bits per heavy atom. The summed E-state index contributed by atoms with van der Waals surface area (Å²) in [6, 6.07) is 14.3. The van der Waals surface area contributed by atoms with E-state index in [4.69, 9.17) is 5.14 Å². The quantitative estimate of drug-likeness (QED) is 0.661. The van der Waals surface area contributed by atoms with Crippen LogP contribution in [0.15, 0.2) is 64.3 Å². The van der Waals surface area contributed by atoms with Crippen LogP contribution in [0.25, 0.3) is 11.3 Å². The first-order valence-corrected chi connectivity index (χ1v) is 10.3. The third-order valence-corrected chi connectivity index (χ3v) is 5.22. The molecular weight excluding hydrogens is 392 g/mol. The zero-order valence-corrected chi connectivity index (χ0v) is 16.7. The molecule has 0 aliphatic heterocycles. The van der Waals surface area contributed by atoms with Gasteiger partial charge in [-0.1, -0.05) is 17.7 Å². The number of aryl methyl sites for hydroxylation is 2. The molecule has 0 radical (unpaired) electrons. The molecule has 150 valence electrons. The molecule has 0 fully saturated rings. The van der Waals surface area contributed by atoms with Crippen LogP contribution in [0.3, 0.4) is 0 Å². The number of hydrogen-bond acceptors (Lipinski definition) is 5. The number of nitrogens with two attached hydrogens (primary N) is 1. The number of carbonyl (C=O) groups is 1. The minimum Gasteiger partial charge on any atom is -0.324 e. The van der Waals surface area contributed by atoms with E-state index in [0.29, 0.717) is 11.4 Å². The first-order chi connectivity index (χ1) is 13.6. The maximum absolute atomic E-state index is 12.3. The number of amides is 1. The highest BCUT2D eigenvalue weighted by Crippen LogP contribution is 2.21. The zero-order valence-electron chi connectivity index (χ0n) is 15.9. The molecule has 0 saturated heterocycles. The van der Waals surface area contributed by atoms with Crippen LogP contribution in [-0.4, -0.2) is 24.1 Å². The van der Waals surface area contributed by atoms with E-state index >= 15 is 0 Å². The average Bonchev–Trinajstić information content (AvgIpc) is 2.65. The lowest BCUT2D eigenvalue weighted by atomic mass is 10.0. The summed E-state index contributed by atoms with van der Waals surface area (Å²) in [5.74, 6) is -0.471. The van der Waals surface area contributed by atoms with Gasteiger partial charge in [0, 0.05) is 17.3 Å². The molecule has 0 atom stereocenters. The van der Waals surface area contributed by atoms with Crippen molar-refractivity contribution in [3.8, 4) is 11.3 Å². The molecule has 0 unspecified atom stereocenters.